The molecule has 1 saturated heterocycles. The number of carbonyl (C=O) groups is 2. The van der Waals surface area contributed by atoms with Crippen LogP contribution in [0.5, 0.6) is 11.5 Å². The Bertz CT molecular complexity index is 873. The van der Waals surface area contributed by atoms with Gasteiger partial charge in [-0.25, -0.2) is 0 Å². The number of methoxy groups -OCH3 is 1. The first-order chi connectivity index (χ1) is 14.4. The average molecular weight is 412 g/mol. The molecule has 0 bridgehead atoms. The van der Waals surface area contributed by atoms with E-state index in [1.807, 2.05) is 0 Å². The Morgan fingerprint density at radius 2 is 1.87 bits per heavy atom. The number of nitrogens with one attached hydrogen (secondary N) is 2. The third-order valence-electron chi connectivity index (χ3n) is 4.91. The number of amides is 2. The van der Waals surface area contributed by atoms with E-state index in [0.29, 0.717) is 29.3 Å². The fraction of sp³-hybridized carbons (Fsp3) is 0.391. The Morgan fingerprint density at radius 3 is 2.53 bits per heavy atom. The molecule has 1 unspecified atom stereocenters. The fourth-order valence-electron chi connectivity index (χ4n) is 3.13. The summed E-state index contributed by atoms with van der Waals surface area (Å²) in [5, 5.41) is 5.72. The van der Waals surface area contributed by atoms with E-state index in [2.05, 4.69) is 10.6 Å². The molecule has 3 rings (SSSR count). The zero-order chi connectivity index (χ0) is 21.6. The van der Waals surface area contributed by atoms with Crippen LogP contribution in [0.4, 0.5) is 5.69 Å². The molecule has 7 heteroatoms. The molecule has 1 fully saturated rings. The molecule has 2 amide bonds. The van der Waals surface area contributed by atoms with E-state index in [-0.39, 0.29) is 17.9 Å². The van der Waals surface area contributed by atoms with Crippen LogP contribution in [-0.2, 0) is 9.53 Å². The number of carbonyl (C=O) groups excluding carboxylic acids is 2. The Labute approximate surface area is 176 Å². The van der Waals surface area contributed by atoms with Crippen molar-refractivity contribution in [2.45, 2.75) is 38.4 Å². The van der Waals surface area contributed by atoms with Crippen molar-refractivity contribution in [3.63, 3.8) is 0 Å². The van der Waals surface area contributed by atoms with Crippen molar-refractivity contribution in [1.29, 1.82) is 0 Å². The van der Waals surface area contributed by atoms with E-state index in [1.54, 1.807) is 69.5 Å². The molecule has 0 aromatic heterocycles. The van der Waals surface area contributed by atoms with Crippen LogP contribution in [0.3, 0.4) is 0 Å². The van der Waals surface area contributed by atoms with E-state index in [9.17, 15) is 9.59 Å². The lowest BCUT2D eigenvalue weighted by Gasteiger charge is -2.26. The molecule has 2 aromatic carbocycles. The Hall–Kier alpha value is -3.06. The van der Waals surface area contributed by atoms with Gasteiger partial charge in [0.25, 0.3) is 11.8 Å². The number of rotatable bonds is 8. The molecule has 1 aliphatic heterocycles. The van der Waals surface area contributed by atoms with Crippen molar-refractivity contribution in [1.82, 2.24) is 5.32 Å². The van der Waals surface area contributed by atoms with Gasteiger partial charge in [0.05, 0.1) is 18.8 Å². The smallest absolute Gasteiger partial charge is 0.267 e. The van der Waals surface area contributed by atoms with Crippen LogP contribution in [0.15, 0.2) is 48.5 Å². The summed E-state index contributed by atoms with van der Waals surface area (Å²) in [6.45, 7) is 4.51. The Morgan fingerprint density at radius 1 is 1.13 bits per heavy atom. The van der Waals surface area contributed by atoms with E-state index in [4.69, 9.17) is 14.2 Å². The minimum atomic E-state index is -1.20. The molecule has 0 radical (unpaired) electrons. The van der Waals surface area contributed by atoms with Gasteiger partial charge in [0.15, 0.2) is 5.60 Å². The molecule has 0 aliphatic carbocycles. The second-order valence-corrected chi connectivity index (χ2v) is 7.64. The number of hydrogen-bond donors (Lipinski definition) is 2. The SMILES string of the molecule is COc1ccc(NC(=O)C(C)(C)Oc2ccccc2C(=O)NCC2CCCO2)cc1. The highest BCUT2D eigenvalue weighted by atomic mass is 16.5. The molecule has 160 valence electrons. The van der Waals surface area contributed by atoms with Crippen LogP contribution >= 0.6 is 0 Å². The highest BCUT2D eigenvalue weighted by Gasteiger charge is 2.31. The number of para-hydroxylation sites is 1. The normalized spacial score (nSPS) is 16.0. The van der Waals surface area contributed by atoms with Gasteiger partial charge < -0.3 is 24.8 Å². The second-order valence-electron chi connectivity index (χ2n) is 7.64. The van der Waals surface area contributed by atoms with Crippen molar-refractivity contribution in [3.8, 4) is 11.5 Å². The van der Waals surface area contributed by atoms with Gasteiger partial charge in [-0.05, 0) is 63.1 Å². The number of anilines is 1. The zero-order valence-electron chi connectivity index (χ0n) is 17.6. The van der Waals surface area contributed by atoms with Gasteiger partial charge in [-0.15, -0.1) is 0 Å². The fourth-order valence-corrected chi connectivity index (χ4v) is 3.13. The average Bonchev–Trinajstić information content (AvgIpc) is 3.26. The predicted octanol–water partition coefficient (Wildman–Crippen LogP) is 3.40. The molecule has 1 aliphatic rings. The first-order valence-corrected chi connectivity index (χ1v) is 10.0. The van der Waals surface area contributed by atoms with Crippen molar-refractivity contribution < 1.29 is 23.8 Å². The van der Waals surface area contributed by atoms with E-state index in [1.165, 1.54) is 0 Å². The molecule has 0 spiro atoms. The van der Waals surface area contributed by atoms with Crippen molar-refractivity contribution in [3.05, 3.63) is 54.1 Å². The summed E-state index contributed by atoms with van der Waals surface area (Å²) in [5.74, 6) is 0.457. The topological polar surface area (TPSA) is 85.9 Å². The van der Waals surface area contributed by atoms with Gasteiger partial charge in [0.2, 0.25) is 0 Å². The maximum Gasteiger partial charge on any atom is 0.267 e. The molecule has 1 heterocycles. The largest absolute Gasteiger partial charge is 0.497 e. The van der Waals surface area contributed by atoms with Crippen LogP contribution in [0.25, 0.3) is 0 Å². The molecular weight excluding hydrogens is 384 g/mol. The summed E-state index contributed by atoms with van der Waals surface area (Å²) in [6, 6.07) is 13.9. The van der Waals surface area contributed by atoms with E-state index >= 15 is 0 Å². The second kappa shape index (κ2) is 9.63. The van der Waals surface area contributed by atoms with Crippen LogP contribution < -0.4 is 20.1 Å². The Kier molecular flexibility index (Phi) is 6.95. The van der Waals surface area contributed by atoms with Crippen molar-refractivity contribution >= 4 is 17.5 Å². The molecule has 7 nitrogen and oxygen atoms in total. The van der Waals surface area contributed by atoms with Crippen LogP contribution in [0.2, 0.25) is 0 Å². The summed E-state index contributed by atoms with van der Waals surface area (Å²) in [5.41, 5.74) is -0.203. The van der Waals surface area contributed by atoms with Gasteiger partial charge in [0, 0.05) is 18.8 Å². The maximum absolute atomic E-state index is 12.8. The first-order valence-electron chi connectivity index (χ1n) is 10.0. The lowest BCUT2D eigenvalue weighted by molar-refractivity contribution is -0.128. The number of ether oxygens (including phenoxy) is 3. The molecule has 0 saturated carbocycles. The zero-order valence-corrected chi connectivity index (χ0v) is 17.6. The third kappa shape index (κ3) is 5.51. The summed E-state index contributed by atoms with van der Waals surface area (Å²) in [4.78, 5) is 25.5. The van der Waals surface area contributed by atoms with Crippen LogP contribution in [0.1, 0.15) is 37.0 Å². The van der Waals surface area contributed by atoms with Gasteiger partial charge >= 0.3 is 0 Å². The lowest BCUT2D eigenvalue weighted by atomic mass is 10.1. The summed E-state index contributed by atoms with van der Waals surface area (Å²) in [6.07, 6.45) is 2.00. The Balaban J connectivity index is 1.66. The minimum Gasteiger partial charge on any atom is -0.497 e. The molecule has 1 atom stereocenters. The summed E-state index contributed by atoms with van der Waals surface area (Å²) in [7, 11) is 1.58. The highest BCUT2D eigenvalue weighted by Crippen LogP contribution is 2.25. The van der Waals surface area contributed by atoms with Crippen LogP contribution in [-0.4, -0.2) is 43.8 Å². The number of benzene rings is 2. The molecule has 30 heavy (non-hydrogen) atoms. The number of hydrogen-bond acceptors (Lipinski definition) is 5. The summed E-state index contributed by atoms with van der Waals surface area (Å²) >= 11 is 0. The summed E-state index contributed by atoms with van der Waals surface area (Å²) < 4.78 is 16.6. The van der Waals surface area contributed by atoms with E-state index < -0.39 is 5.60 Å². The van der Waals surface area contributed by atoms with E-state index in [0.717, 1.165) is 19.4 Å². The van der Waals surface area contributed by atoms with Gasteiger partial charge in [-0.2, -0.15) is 0 Å². The first kappa shape index (κ1) is 21.6. The van der Waals surface area contributed by atoms with Crippen LogP contribution in [0, 0.1) is 0 Å². The maximum atomic E-state index is 12.8. The highest BCUT2D eigenvalue weighted by molar-refractivity contribution is 5.99. The predicted molar refractivity (Wildman–Crippen MR) is 114 cm³/mol. The standard InChI is InChI=1S/C23H28N2O5/c1-23(2,22(27)25-16-10-12-17(28-3)13-11-16)30-20-9-5-4-8-19(20)21(26)24-15-18-7-6-14-29-18/h4-5,8-13,18H,6-7,14-15H2,1-3H3,(H,24,26)(H,25,27). The quantitative estimate of drug-likeness (QED) is 0.694. The van der Waals surface area contributed by atoms with Crippen molar-refractivity contribution in [2.75, 3.05) is 25.6 Å². The van der Waals surface area contributed by atoms with Crippen molar-refractivity contribution in [2.24, 2.45) is 0 Å². The minimum absolute atomic E-state index is 0.0498. The van der Waals surface area contributed by atoms with Gasteiger partial charge in [-0.3, -0.25) is 9.59 Å². The van der Waals surface area contributed by atoms with Gasteiger partial charge in [0.1, 0.15) is 11.5 Å². The monoisotopic (exact) mass is 412 g/mol. The van der Waals surface area contributed by atoms with Gasteiger partial charge in [-0.1, -0.05) is 12.1 Å². The molecule has 2 aromatic rings. The molecular formula is C23H28N2O5. The molecule has 2 N–H and O–H groups in total. The lowest BCUT2D eigenvalue weighted by Crippen LogP contribution is -2.43. The third-order valence-corrected chi connectivity index (χ3v) is 4.91.